The number of aromatic amines is 1. The van der Waals surface area contributed by atoms with Gasteiger partial charge in [0.1, 0.15) is 0 Å². The number of anilines is 1. The molecule has 3 N–H and O–H groups in total. The first kappa shape index (κ1) is 12.9. The Kier molecular flexibility index (Phi) is 3.86. The Morgan fingerprint density at radius 2 is 2.11 bits per heavy atom. The highest BCUT2D eigenvalue weighted by Crippen LogP contribution is 2.27. The average molecular weight is 252 g/mol. The van der Waals surface area contributed by atoms with Crippen LogP contribution < -0.4 is 20.9 Å². The van der Waals surface area contributed by atoms with Gasteiger partial charge < -0.3 is 20.4 Å². The summed E-state index contributed by atoms with van der Waals surface area (Å²) >= 11 is 0. The van der Waals surface area contributed by atoms with E-state index in [4.69, 9.17) is 10.5 Å². The molecule has 1 aromatic rings. The molecule has 0 saturated heterocycles. The van der Waals surface area contributed by atoms with Crippen LogP contribution in [-0.2, 0) is 0 Å². The van der Waals surface area contributed by atoms with E-state index in [9.17, 15) is 4.79 Å². The van der Waals surface area contributed by atoms with Crippen LogP contribution in [0.1, 0.15) is 25.7 Å². The van der Waals surface area contributed by atoms with E-state index < -0.39 is 0 Å². The fourth-order valence-corrected chi connectivity index (χ4v) is 2.47. The fraction of sp³-hybridized carbons (Fsp3) is 0.667. The minimum absolute atomic E-state index is 0.248. The van der Waals surface area contributed by atoms with E-state index in [0.717, 1.165) is 25.7 Å². The molecule has 1 aromatic heterocycles. The Balaban J connectivity index is 2.21. The van der Waals surface area contributed by atoms with Crippen molar-refractivity contribution in [2.45, 2.75) is 37.8 Å². The lowest BCUT2D eigenvalue weighted by Gasteiger charge is -2.34. The van der Waals surface area contributed by atoms with Gasteiger partial charge in [0.25, 0.3) is 5.56 Å². The van der Waals surface area contributed by atoms with E-state index in [2.05, 4.69) is 9.97 Å². The summed E-state index contributed by atoms with van der Waals surface area (Å²) in [7, 11) is 3.44. The number of nitrogens with one attached hydrogen (secondary N) is 1. The molecule has 1 heterocycles. The molecule has 0 spiro atoms. The summed E-state index contributed by atoms with van der Waals surface area (Å²) in [5, 5.41) is 0. The molecule has 0 aromatic carbocycles. The van der Waals surface area contributed by atoms with E-state index in [1.54, 1.807) is 0 Å². The molecule has 0 bridgehead atoms. The highest BCUT2D eigenvalue weighted by Gasteiger charge is 2.25. The summed E-state index contributed by atoms with van der Waals surface area (Å²) in [4.78, 5) is 20.4. The molecule has 0 aliphatic heterocycles. The van der Waals surface area contributed by atoms with Crippen molar-refractivity contribution in [2.75, 3.05) is 19.1 Å². The third-order valence-corrected chi connectivity index (χ3v) is 3.62. The molecule has 6 nitrogen and oxygen atoms in total. The van der Waals surface area contributed by atoms with Crippen LogP contribution in [0.3, 0.4) is 0 Å². The lowest BCUT2D eigenvalue weighted by molar-refractivity contribution is 0.373. The van der Waals surface area contributed by atoms with Crippen molar-refractivity contribution in [2.24, 2.45) is 5.73 Å². The molecule has 2 rings (SSSR count). The molecule has 18 heavy (non-hydrogen) atoms. The quantitative estimate of drug-likeness (QED) is 0.817. The molecule has 6 heteroatoms. The predicted molar refractivity (Wildman–Crippen MR) is 70.0 cm³/mol. The zero-order chi connectivity index (χ0) is 13.1. The van der Waals surface area contributed by atoms with E-state index in [-0.39, 0.29) is 11.3 Å². The first-order chi connectivity index (χ1) is 8.63. The lowest BCUT2D eigenvalue weighted by atomic mass is 9.91. The number of H-pyrrole nitrogens is 1. The van der Waals surface area contributed by atoms with Gasteiger partial charge in [-0.15, -0.1) is 0 Å². The molecule has 1 aliphatic carbocycles. The maximum atomic E-state index is 11.6. The van der Waals surface area contributed by atoms with Gasteiger partial charge in [0, 0.05) is 19.1 Å². The van der Waals surface area contributed by atoms with Crippen molar-refractivity contribution in [3.8, 4) is 5.75 Å². The highest BCUT2D eigenvalue weighted by molar-refractivity contribution is 5.50. The number of hydrogen-bond acceptors (Lipinski definition) is 5. The van der Waals surface area contributed by atoms with Crippen molar-refractivity contribution in [1.82, 2.24) is 9.97 Å². The van der Waals surface area contributed by atoms with Crippen molar-refractivity contribution >= 4 is 5.82 Å². The van der Waals surface area contributed by atoms with Crippen molar-refractivity contribution in [3.63, 3.8) is 0 Å². The lowest BCUT2D eigenvalue weighted by Crippen LogP contribution is -2.39. The van der Waals surface area contributed by atoms with Crippen LogP contribution in [0.4, 0.5) is 5.82 Å². The maximum Gasteiger partial charge on any atom is 0.295 e. The first-order valence-electron chi connectivity index (χ1n) is 6.23. The topological polar surface area (TPSA) is 84.2 Å². The van der Waals surface area contributed by atoms with Gasteiger partial charge >= 0.3 is 0 Å². The third-order valence-electron chi connectivity index (χ3n) is 3.62. The van der Waals surface area contributed by atoms with Gasteiger partial charge in [0.2, 0.25) is 5.75 Å². The standard InChI is InChI=1S/C12H20N4O2/c1-16(9-5-3-8(13)4-6-9)11-10(18-2)12(17)15-7-14-11/h7-9H,3-6,13H2,1-2H3,(H,14,15,17). The Hall–Kier alpha value is -1.56. The van der Waals surface area contributed by atoms with Crippen LogP contribution >= 0.6 is 0 Å². The molecule has 0 amide bonds. The van der Waals surface area contributed by atoms with Crippen LogP contribution in [-0.4, -0.2) is 36.2 Å². The maximum absolute atomic E-state index is 11.6. The average Bonchev–Trinajstić information content (AvgIpc) is 2.38. The largest absolute Gasteiger partial charge is 0.489 e. The Morgan fingerprint density at radius 1 is 1.44 bits per heavy atom. The molecular formula is C12H20N4O2. The minimum Gasteiger partial charge on any atom is -0.489 e. The number of nitrogens with zero attached hydrogens (tertiary/aromatic N) is 2. The minimum atomic E-state index is -0.248. The van der Waals surface area contributed by atoms with Crippen LogP contribution in [0.5, 0.6) is 5.75 Å². The summed E-state index contributed by atoms with van der Waals surface area (Å²) in [6.45, 7) is 0. The second kappa shape index (κ2) is 5.39. The summed E-state index contributed by atoms with van der Waals surface area (Å²) in [5.74, 6) is 0.872. The Bertz CT molecular complexity index is 452. The third kappa shape index (κ3) is 2.48. The summed E-state index contributed by atoms with van der Waals surface area (Å²) in [6, 6.07) is 0.677. The van der Waals surface area contributed by atoms with Crippen molar-refractivity contribution in [1.29, 1.82) is 0 Å². The molecule has 0 radical (unpaired) electrons. The van der Waals surface area contributed by atoms with Gasteiger partial charge in [-0.3, -0.25) is 4.79 Å². The molecular weight excluding hydrogens is 232 g/mol. The number of hydrogen-bond donors (Lipinski definition) is 2. The van der Waals surface area contributed by atoms with Gasteiger partial charge in [0.05, 0.1) is 13.4 Å². The van der Waals surface area contributed by atoms with E-state index in [1.807, 2.05) is 11.9 Å². The molecule has 0 atom stereocenters. The molecule has 1 saturated carbocycles. The Labute approximate surface area is 106 Å². The zero-order valence-electron chi connectivity index (χ0n) is 10.8. The smallest absolute Gasteiger partial charge is 0.295 e. The first-order valence-corrected chi connectivity index (χ1v) is 6.23. The van der Waals surface area contributed by atoms with E-state index in [0.29, 0.717) is 17.9 Å². The van der Waals surface area contributed by atoms with Crippen LogP contribution in [0.25, 0.3) is 0 Å². The van der Waals surface area contributed by atoms with Crippen LogP contribution in [0.2, 0.25) is 0 Å². The Morgan fingerprint density at radius 3 is 2.72 bits per heavy atom. The van der Waals surface area contributed by atoms with Crippen LogP contribution in [0.15, 0.2) is 11.1 Å². The van der Waals surface area contributed by atoms with Gasteiger partial charge in [-0.05, 0) is 25.7 Å². The summed E-state index contributed by atoms with van der Waals surface area (Å²) in [5.41, 5.74) is 5.65. The number of ether oxygens (including phenoxy) is 1. The van der Waals surface area contributed by atoms with Gasteiger partial charge in [0.15, 0.2) is 5.82 Å². The molecule has 100 valence electrons. The summed E-state index contributed by atoms with van der Waals surface area (Å²) in [6.07, 6.45) is 5.48. The number of methoxy groups -OCH3 is 1. The molecule has 1 fully saturated rings. The van der Waals surface area contributed by atoms with Crippen LogP contribution in [0, 0.1) is 0 Å². The fourth-order valence-electron chi connectivity index (χ4n) is 2.47. The second-order valence-electron chi connectivity index (χ2n) is 4.77. The molecule has 1 aliphatic rings. The number of rotatable bonds is 3. The summed E-state index contributed by atoms with van der Waals surface area (Å²) < 4.78 is 5.14. The number of aromatic nitrogens is 2. The zero-order valence-corrected chi connectivity index (χ0v) is 10.8. The second-order valence-corrected chi connectivity index (χ2v) is 4.77. The number of nitrogens with two attached hydrogens (primary N) is 1. The highest BCUT2D eigenvalue weighted by atomic mass is 16.5. The normalized spacial score (nSPS) is 23.7. The van der Waals surface area contributed by atoms with Gasteiger partial charge in [-0.2, -0.15) is 0 Å². The van der Waals surface area contributed by atoms with Gasteiger partial charge in [-0.25, -0.2) is 4.98 Å². The van der Waals surface area contributed by atoms with Gasteiger partial charge in [-0.1, -0.05) is 0 Å². The SMILES string of the molecule is COc1c(N(C)C2CCC(N)CC2)nc[nH]c1=O. The van der Waals surface area contributed by atoms with Crippen molar-refractivity contribution < 1.29 is 4.74 Å². The predicted octanol–water partition coefficient (Wildman–Crippen LogP) is 0.485. The molecule has 0 unspecified atom stereocenters. The van der Waals surface area contributed by atoms with E-state index in [1.165, 1.54) is 13.4 Å². The van der Waals surface area contributed by atoms with Crippen molar-refractivity contribution in [3.05, 3.63) is 16.7 Å². The monoisotopic (exact) mass is 252 g/mol. The van der Waals surface area contributed by atoms with E-state index >= 15 is 0 Å².